The van der Waals surface area contributed by atoms with Gasteiger partial charge in [-0.15, -0.1) is 0 Å². The number of imidazole rings is 1. The summed E-state index contributed by atoms with van der Waals surface area (Å²) in [6.45, 7) is 2.96. The molecule has 0 aliphatic rings. The Morgan fingerprint density at radius 3 is 2.68 bits per heavy atom. The number of benzene rings is 1. The van der Waals surface area contributed by atoms with Crippen molar-refractivity contribution in [2.24, 2.45) is 0 Å². The zero-order valence-corrected chi connectivity index (χ0v) is 18.5. The first-order valence-corrected chi connectivity index (χ1v) is 11.8. The SMILES string of the molecule is CCN(C)c1ncc(S(=O)(=O)c2ccc(CNC(=O)c3cnc4nccn4c3)cc2)s1. The quantitative estimate of drug-likeness (QED) is 0.455. The van der Waals surface area contributed by atoms with E-state index in [0.29, 0.717) is 16.5 Å². The molecule has 0 fully saturated rings. The van der Waals surface area contributed by atoms with Gasteiger partial charge in [0.15, 0.2) is 5.13 Å². The average molecular weight is 457 g/mol. The third-order valence-electron chi connectivity index (χ3n) is 4.73. The molecule has 0 unspecified atom stereocenters. The number of hydrogen-bond donors (Lipinski definition) is 1. The minimum atomic E-state index is -3.64. The summed E-state index contributed by atoms with van der Waals surface area (Å²) in [4.78, 5) is 26.8. The molecule has 0 spiro atoms. The van der Waals surface area contributed by atoms with E-state index >= 15 is 0 Å². The third kappa shape index (κ3) is 4.28. The van der Waals surface area contributed by atoms with Gasteiger partial charge in [0.1, 0.15) is 4.21 Å². The maximum Gasteiger partial charge on any atom is 0.254 e. The van der Waals surface area contributed by atoms with Crippen molar-refractivity contribution in [3.63, 3.8) is 0 Å². The van der Waals surface area contributed by atoms with Crippen LogP contribution >= 0.6 is 11.3 Å². The number of carbonyl (C=O) groups excluding carboxylic acids is 1. The van der Waals surface area contributed by atoms with Gasteiger partial charge in [0, 0.05) is 44.9 Å². The van der Waals surface area contributed by atoms with Crippen molar-refractivity contribution in [3.05, 3.63) is 66.4 Å². The van der Waals surface area contributed by atoms with Crippen LogP contribution in [0.4, 0.5) is 5.13 Å². The monoisotopic (exact) mass is 456 g/mol. The van der Waals surface area contributed by atoms with Crippen LogP contribution in [0.1, 0.15) is 22.8 Å². The summed E-state index contributed by atoms with van der Waals surface area (Å²) >= 11 is 1.14. The molecule has 160 valence electrons. The lowest BCUT2D eigenvalue weighted by Crippen LogP contribution is -2.23. The predicted molar refractivity (Wildman–Crippen MR) is 117 cm³/mol. The fraction of sp³-hybridized carbons (Fsp3) is 0.200. The summed E-state index contributed by atoms with van der Waals surface area (Å²) in [5.41, 5.74) is 1.18. The predicted octanol–water partition coefficient (Wildman–Crippen LogP) is 2.40. The Morgan fingerprint density at radius 2 is 1.94 bits per heavy atom. The number of thiazole rings is 1. The van der Waals surface area contributed by atoms with Gasteiger partial charge in [-0.2, -0.15) is 0 Å². The molecule has 3 aromatic heterocycles. The molecule has 0 aliphatic heterocycles. The molecule has 0 atom stereocenters. The largest absolute Gasteiger partial charge is 0.351 e. The van der Waals surface area contributed by atoms with E-state index in [-0.39, 0.29) is 21.6 Å². The van der Waals surface area contributed by atoms with Crippen molar-refractivity contribution in [2.75, 3.05) is 18.5 Å². The van der Waals surface area contributed by atoms with Crippen molar-refractivity contribution >= 4 is 38.0 Å². The number of aromatic nitrogens is 4. The number of carbonyl (C=O) groups is 1. The van der Waals surface area contributed by atoms with E-state index in [1.165, 1.54) is 12.4 Å². The van der Waals surface area contributed by atoms with Crippen molar-refractivity contribution in [1.29, 1.82) is 0 Å². The zero-order valence-electron chi connectivity index (χ0n) is 16.9. The number of sulfone groups is 1. The number of rotatable bonds is 7. The van der Waals surface area contributed by atoms with Crippen LogP contribution in [0.3, 0.4) is 0 Å². The number of hydrogen-bond acceptors (Lipinski definition) is 8. The molecule has 11 heteroatoms. The van der Waals surface area contributed by atoms with Crippen LogP contribution < -0.4 is 10.2 Å². The number of fused-ring (bicyclic) bond motifs is 1. The molecule has 0 saturated heterocycles. The second-order valence-electron chi connectivity index (χ2n) is 6.78. The Morgan fingerprint density at radius 1 is 1.16 bits per heavy atom. The highest BCUT2D eigenvalue weighted by Gasteiger charge is 2.21. The van der Waals surface area contributed by atoms with Gasteiger partial charge >= 0.3 is 0 Å². The zero-order chi connectivity index (χ0) is 22.0. The van der Waals surface area contributed by atoms with Gasteiger partial charge in [-0.05, 0) is 24.6 Å². The second-order valence-corrected chi connectivity index (χ2v) is 9.97. The summed E-state index contributed by atoms with van der Waals surface area (Å²) in [5, 5.41) is 3.46. The van der Waals surface area contributed by atoms with E-state index < -0.39 is 9.84 Å². The maximum absolute atomic E-state index is 12.9. The Balaban J connectivity index is 1.43. The lowest BCUT2D eigenvalue weighted by atomic mass is 10.2. The van der Waals surface area contributed by atoms with Gasteiger partial charge < -0.3 is 10.2 Å². The highest BCUT2D eigenvalue weighted by atomic mass is 32.2. The van der Waals surface area contributed by atoms with E-state index in [9.17, 15) is 13.2 Å². The number of nitrogens with zero attached hydrogens (tertiary/aromatic N) is 5. The van der Waals surface area contributed by atoms with E-state index in [1.807, 2.05) is 18.9 Å². The Bertz CT molecular complexity index is 1330. The van der Waals surface area contributed by atoms with Crippen LogP contribution in [0.15, 0.2) is 64.4 Å². The smallest absolute Gasteiger partial charge is 0.254 e. The van der Waals surface area contributed by atoms with Crippen molar-refractivity contribution in [2.45, 2.75) is 22.6 Å². The fourth-order valence-electron chi connectivity index (χ4n) is 2.81. The average Bonchev–Trinajstić information content (AvgIpc) is 3.46. The number of anilines is 1. The van der Waals surface area contributed by atoms with Crippen molar-refractivity contribution in [1.82, 2.24) is 24.7 Å². The Hall–Kier alpha value is -3.31. The van der Waals surface area contributed by atoms with E-state index in [0.717, 1.165) is 23.4 Å². The molecule has 4 aromatic rings. The number of nitrogens with one attached hydrogen (secondary N) is 1. The van der Waals surface area contributed by atoms with Crippen LogP contribution in [0.5, 0.6) is 0 Å². The van der Waals surface area contributed by atoms with Crippen LogP contribution in [-0.2, 0) is 16.4 Å². The molecule has 4 rings (SSSR count). The van der Waals surface area contributed by atoms with Gasteiger partial charge in [0.25, 0.3) is 5.91 Å². The highest BCUT2D eigenvalue weighted by molar-refractivity contribution is 7.93. The summed E-state index contributed by atoms with van der Waals surface area (Å²) in [7, 11) is -1.78. The third-order valence-corrected chi connectivity index (χ3v) is 8.07. The minimum absolute atomic E-state index is 0.187. The summed E-state index contributed by atoms with van der Waals surface area (Å²) in [6, 6.07) is 6.45. The maximum atomic E-state index is 12.9. The van der Waals surface area contributed by atoms with Gasteiger partial charge in [0.05, 0.1) is 16.7 Å². The lowest BCUT2D eigenvalue weighted by Gasteiger charge is -2.11. The Kier molecular flexibility index (Phi) is 5.70. The first-order valence-electron chi connectivity index (χ1n) is 9.46. The summed E-state index contributed by atoms with van der Waals surface area (Å²) in [5.74, 6) is 0.236. The molecule has 31 heavy (non-hydrogen) atoms. The topological polar surface area (TPSA) is 110 Å². The van der Waals surface area contributed by atoms with Gasteiger partial charge in [0.2, 0.25) is 15.6 Å². The summed E-state index contributed by atoms with van der Waals surface area (Å²) in [6.07, 6.45) is 7.83. The highest BCUT2D eigenvalue weighted by Crippen LogP contribution is 2.30. The molecule has 0 aliphatic carbocycles. The second kappa shape index (κ2) is 8.44. The summed E-state index contributed by atoms with van der Waals surface area (Å²) < 4.78 is 27.6. The number of amides is 1. The molecule has 1 N–H and O–H groups in total. The molecule has 3 heterocycles. The van der Waals surface area contributed by atoms with Gasteiger partial charge in [-0.3, -0.25) is 9.20 Å². The molecule has 0 saturated carbocycles. The van der Waals surface area contributed by atoms with Crippen molar-refractivity contribution in [3.8, 4) is 0 Å². The van der Waals surface area contributed by atoms with E-state index in [4.69, 9.17) is 0 Å². The minimum Gasteiger partial charge on any atom is -0.351 e. The van der Waals surface area contributed by atoms with Crippen LogP contribution in [-0.4, -0.2) is 47.3 Å². The molecular weight excluding hydrogens is 436 g/mol. The fourth-order valence-corrected chi connectivity index (χ4v) is 5.35. The van der Waals surface area contributed by atoms with Crippen molar-refractivity contribution < 1.29 is 13.2 Å². The standard InChI is InChI=1S/C20H20N6O3S2/c1-3-25(2)20-24-12-17(30-20)31(28,29)16-6-4-14(5-7-16)10-22-18(27)15-11-23-19-21-8-9-26(19)13-15/h4-9,11-13H,3,10H2,1-2H3,(H,22,27). The first kappa shape index (κ1) is 20.9. The molecule has 0 radical (unpaired) electrons. The van der Waals surface area contributed by atoms with Crippen LogP contribution in [0.25, 0.3) is 5.78 Å². The lowest BCUT2D eigenvalue weighted by molar-refractivity contribution is 0.0950. The normalized spacial score (nSPS) is 11.5. The molecular formula is C20H20N6O3S2. The first-order chi connectivity index (χ1) is 14.9. The van der Waals surface area contributed by atoms with E-state index in [1.54, 1.807) is 47.3 Å². The Labute approximate surface area is 183 Å². The van der Waals surface area contributed by atoms with E-state index in [2.05, 4.69) is 20.3 Å². The van der Waals surface area contributed by atoms with Crippen LogP contribution in [0.2, 0.25) is 0 Å². The van der Waals surface area contributed by atoms with Crippen LogP contribution in [0, 0.1) is 0 Å². The molecule has 9 nitrogen and oxygen atoms in total. The van der Waals surface area contributed by atoms with Gasteiger partial charge in [-0.25, -0.2) is 23.4 Å². The molecule has 1 amide bonds. The molecule has 0 bridgehead atoms. The van der Waals surface area contributed by atoms with Gasteiger partial charge in [-0.1, -0.05) is 23.5 Å². The molecule has 1 aromatic carbocycles.